The molecule has 0 unspecified atom stereocenters. The van der Waals surface area contributed by atoms with Gasteiger partial charge in [0.25, 0.3) is 5.91 Å². The molecular weight excluding hydrogens is 365 g/mol. The lowest BCUT2D eigenvalue weighted by atomic mass is 10.2. The number of amides is 1. The summed E-state index contributed by atoms with van der Waals surface area (Å²) in [5, 5.41) is 4.53. The molecule has 0 radical (unpaired) electrons. The minimum absolute atomic E-state index is 0.178. The molecule has 1 aromatic carbocycles. The van der Waals surface area contributed by atoms with Gasteiger partial charge in [0.05, 0.1) is 15.7 Å². The molecule has 122 valence electrons. The Morgan fingerprint density at radius 2 is 1.96 bits per heavy atom. The molecule has 1 amide bonds. The Balaban J connectivity index is 1.82. The fraction of sp³-hybridized carbons (Fsp3) is 0.118. The SMILES string of the molecule is Cc1nc(-c2c(Cl)cccc2Cl)sc1C(=O)NCc1cccnc1. The van der Waals surface area contributed by atoms with Crippen LogP contribution in [0.3, 0.4) is 0 Å². The molecule has 0 spiro atoms. The number of hydrogen-bond acceptors (Lipinski definition) is 4. The van der Waals surface area contributed by atoms with Gasteiger partial charge >= 0.3 is 0 Å². The molecule has 0 aliphatic heterocycles. The Hall–Kier alpha value is -1.95. The molecule has 0 atom stereocenters. The number of halogens is 2. The van der Waals surface area contributed by atoms with Crippen LogP contribution in [0.15, 0.2) is 42.7 Å². The van der Waals surface area contributed by atoms with Crippen LogP contribution in [-0.2, 0) is 6.54 Å². The fourth-order valence-corrected chi connectivity index (χ4v) is 3.93. The molecule has 0 bridgehead atoms. The number of carbonyl (C=O) groups excluding carboxylic acids is 1. The molecule has 0 fully saturated rings. The summed E-state index contributed by atoms with van der Waals surface area (Å²) in [6, 6.07) is 9.01. The number of pyridine rings is 1. The van der Waals surface area contributed by atoms with E-state index in [-0.39, 0.29) is 5.91 Å². The quantitative estimate of drug-likeness (QED) is 0.713. The Kier molecular flexibility index (Phi) is 5.14. The first-order chi connectivity index (χ1) is 11.6. The zero-order valence-electron chi connectivity index (χ0n) is 12.7. The summed E-state index contributed by atoms with van der Waals surface area (Å²) in [7, 11) is 0. The van der Waals surface area contributed by atoms with Gasteiger partial charge in [-0.2, -0.15) is 0 Å². The number of nitrogens with zero attached hydrogens (tertiary/aromatic N) is 2. The van der Waals surface area contributed by atoms with Crippen LogP contribution < -0.4 is 5.32 Å². The van der Waals surface area contributed by atoms with Crippen LogP contribution in [-0.4, -0.2) is 15.9 Å². The number of benzene rings is 1. The van der Waals surface area contributed by atoms with E-state index in [0.717, 1.165) is 5.56 Å². The van der Waals surface area contributed by atoms with Crippen LogP contribution >= 0.6 is 34.5 Å². The first-order valence-corrected chi connectivity index (χ1v) is 8.72. The summed E-state index contributed by atoms with van der Waals surface area (Å²) >= 11 is 13.7. The molecule has 0 aliphatic carbocycles. The van der Waals surface area contributed by atoms with Gasteiger partial charge in [0, 0.05) is 24.5 Å². The zero-order chi connectivity index (χ0) is 17.1. The molecule has 2 aromatic heterocycles. The lowest BCUT2D eigenvalue weighted by Gasteiger charge is -2.03. The van der Waals surface area contributed by atoms with Crippen LogP contribution in [0.1, 0.15) is 20.9 Å². The van der Waals surface area contributed by atoms with Crippen molar-refractivity contribution in [2.75, 3.05) is 0 Å². The molecule has 0 aliphatic rings. The first kappa shape index (κ1) is 16.9. The highest BCUT2D eigenvalue weighted by molar-refractivity contribution is 7.17. The van der Waals surface area contributed by atoms with E-state index in [0.29, 0.717) is 37.7 Å². The third-order valence-electron chi connectivity index (χ3n) is 3.36. The second kappa shape index (κ2) is 7.30. The summed E-state index contributed by atoms with van der Waals surface area (Å²) in [4.78, 5) is 21.5. The standard InChI is InChI=1S/C17H13Cl2N3OS/c1-10-15(16(23)21-9-11-4-3-7-20-8-11)24-17(22-10)14-12(18)5-2-6-13(14)19/h2-8H,9H2,1H3,(H,21,23). The molecule has 0 saturated carbocycles. The van der Waals surface area contributed by atoms with E-state index in [2.05, 4.69) is 15.3 Å². The van der Waals surface area contributed by atoms with Crippen molar-refractivity contribution in [3.63, 3.8) is 0 Å². The minimum Gasteiger partial charge on any atom is -0.347 e. The summed E-state index contributed by atoms with van der Waals surface area (Å²) in [6.07, 6.45) is 3.41. The van der Waals surface area contributed by atoms with Gasteiger partial charge in [0.15, 0.2) is 0 Å². The summed E-state index contributed by atoms with van der Waals surface area (Å²) in [6.45, 7) is 2.20. The molecule has 0 saturated heterocycles. The number of hydrogen-bond donors (Lipinski definition) is 1. The number of aromatic nitrogens is 2. The maximum Gasteiger partial charge on any atom is 0.263 e. The third kappa shape index (κ3) is 3.59. The Bertz CT molecular complexity index is 861. The highest BCUT2D eigenvalue weighted by Crippen LogP contribution is 2.37. The summed E-state index contributed by atoms with van der Waals surface area (Å²) < 4.78 is 0. The Morgan fingerprint density at radius 3 is 2.62 bits per heavy atom. The van der Waals surface area contributed by atoms with Crippen molar-refractivity contribution in [2.45, 2.75) is 13.5 Å². The third-order valence-corrected chi connectivity index (χ3v) is 5.16. The number of thiazole rings is 1. The second-order valence-electron chi connectivity index (χ2n) is 5.07. The number of aryl methyl sites for hydroxylation is 1. The molecule has 7 heteroatoms. The monoisotopic (exact) mass is 377 g/mol. The number of rotatable bonds is 4. The number of nitrogens with one attached hydrogen (secondary N) is 1. The highest BCUT2D eigenvalue weighted by atomic mass is 35.5. The normalized spacial score (nSPS) is 10.6. The van der Waals surface area contributed by atoms with E-state index in [1.54, 1.807) is 37.5 Å². The van der Waals surface area contributed by atoms with Gasteiger partial charge in [-0.25, -0.2) is 4.98 Å². The molecule has 3 rings (SSSR count). The van der Waals surface area contributed by atoms with Gasteiger partial charge in [-0.3, -0.25) is 9.78 Å². The Labute approximate surface area is 153 Å². The Morgan fingerprint density at radius 1 is 1.21 bits per heavy atom. The minimum atomic E-state index is -0.178. The second-order valence-corrected chi connectivity index (χ2v) is 6.89. The predicted molar refractivity (Wildman–Crippen MR) is 97.7 cm³/mol. The fourth-order valence-electron chi connectivity index (χ4n) is 2.18. The van der Waals surface area contributed by atoms with Gasteiger partial charge in [-0.05, 0) is 30.7 Å². The zero-order valence-corrected chi connectivity index (χ0v) is 15.0. The van der Waals surface area contributed by atoms with E-state index >= 15 is 0 Å². The average Bonchev–Trinajstić information content (AvgIpc) is 2.95. The van der Waals surface area contributed by atoms with Crippen LogP contribution in [0.25, 0.3) is 10.6 Å². The largest absolute Gasteiger partial charge is 0.347 e. The molecule has 2 heterocycles. The van der Waals surface area contributed by atoms with Crippen molar-refractivity contribution in [1.29, 1.82) is 0 Å². The van der Waals surface area contributed by atoms with E-state index in [1.807, 2.05) is 12.1 Å². The summed E-state index contributed by atoms with van der Waals surface area (Å²) in [5.41, 5.74) is 2.23. The molecular formula is C17H13Cl2N3OS. The van der Waals surface area contributed by atoms with Crippen molar-refractivity contribution in [3.8, 4) is 10.6 Å². The lowest BCUT2D eigenvalue weighted by molar-refractivity contribution is 0.0954. The van der Waals surface area contributed by atoms with Gasteiger partial charge < -0.3 is 5.32 Å². The van der Waals surface area contributed by atoms with Gasteiger partial charge in [0.2, 0.25) is 0 Å². The summed E-state index contributed by atoms with van der Waals surface area (Å²) in [5.74, 6) is -0.178. The first-order valence-electron chi connectivity index (χ1n) is 7.15. The molecule has 3 aromatic rings. The smallest absolute Gasteiger partial charge is 0.263 e. The van der Waals surface area contributed by atoms with Gasteiger partial charge in [0.1, 0.15) is 9.88 Å². The lowest BCUT2D eigenvalue weighted by Crippen LogP contribution is -2.22. The topological polar surface area (TPSA) is 54.9 Å². The van der Waals surface area contributed by atoms with Crippen LogP contribution in [0, 0.1) is 6.92 Å². The predicted octanol–water partition coefficient (Wildman–Crippen LogP) is 4.75. The van der Waals surface area contributed by atoms with Gasteiger partial charge in [-0.15, -0.1) is 11.3 Å². The van der Waals surface area contributed by atoms with Gasteiger partial charge in [-0.1, -0.05) is 35.3 Å². The van der Waals surface area contributed by atoms with E-state index < -0.39 is 0 Å². The maximum atomic E-state index is 12.4. The average molecular weight is 378 g/mol. The molecule has 4 nitrogen and oxygen atoms in total. The van der Waals surface area contributed by atoms with E-state index in [9.17, 15) is 4.79 Å². The van der Waals surface area contributed by atoms with Crippen LogP contribution in [0.2, 0.25) is 10.0 Å². The van der Waals surface area contributed by atoms with Crippen molar-refractivity contribution in [2.24, 2.45) is 0 Å². The molecule has 24 heavy (non-hydrogen) atoms. The molecule has 1 N–H and O–H groups in total. The van der Waals surface area contributed by atoms with Crippen molar-refractivity contribution in [3.05, 3.63) is 68.9 Å². The number of carbonyl (C=O) groups is 1. The van der Waals surface area contributed by atoms with Crippen LogP contribution in [0.5, 0.6) is 0 Å². The van der Waals surface area contributed by atoms with Crippen molar-refractivity contribution >= 4 is 40.4 Å². The van der Waals surface area contributed by atoms with E-state index in [4.69, 9.17) is 23.2 Å². The van der Waals surface area contributed by atoms with Crippen LogP contribution in [0.4, 0.5) is 0 Å². The highest BCUT2D eigenvalue weighted by Gasteiger charge is 2.19. The van der Waals surface area contributed by atoms with Crippen molar-refractivity contribution < 1.29 is 4.79 Å². The van der Waals surface area contributed by atoms with Crippen molar-refractivity contribution in [1.82, 2.24) is 15.3 Å². The maximum absolute atomic E-state index is 12.4. The van der Waals surface area contributed by atoms with E-state index in [1.165, 1.54) is 11.3 Å².